The fourth-order valence-corrected chi connectivity index (χ4v) is 5.59. The quantitative estimate of drug-likeness (QED) is 0.411. The summed E-state index contributed by atoms with van der Waals surface area (Å²) in [6.45, 7) is 1.65. The van der Waals surface area contributed by atoms with Crippen LogP contribution in [-0.2, 0) is 6.61 Å². The molecule has 0 aliphatic heterocycles. The Kier molecular flexibility index (Phi) is 5.48. The molecule has 4 N–H and O–H groups in total. The Bertz CT molecular complexity index is 1310. The minimum atomic E-state index is -0.981. The average Bonchev–Trinajstić information content (AvgIpc) is 3.37. The fraction of sp³-hybridized carbons (Fsp3) is 0.429. The van der Waals surface area contributed by atoms with Gasteiger partial charge < -0.3 is 15.7 Å². The van der Waals surface area contributed by atoms with Crippen molar-refractivity contribution < 1.29 is 9.50 Å². The third kappa shape index (κ3) is 3.51. The lowest BCUT2D eigenvalue weighted by atomic mass is 9.89. The van der Waals surface area contributed by atoms with E-state index in [1.807, 2.05) is 31.0 Å². The summed E-state index contributed by atoms with van der Waals surface area (Å²) >= 11 is 8.22. The Morgan fingerprint density at radius 1 is 1.31 bits per heavy atom. The number of hydrogen-bond donors (Lipinski definition) is 3. The van der Waals surface area contributed by atoms with E-state index in [-0.39, 0.29) is 12.6 Å². The molecule has 1 aliphatic carbocycles. The van der Waals surface area contributed by atoms with E-state index in [1.165, 1.54) is 11.3 Å². The summed E-state index contributed by atoms with van der Waals surface area (Å²) in [6.07, 6.45) is 0.603. The number of alkyl halides is 1. The van der Waals surface area contributed by atoms with Crippen LogP contribution < -0.4 is 10.6 Å². The number of anilines is 1. The number of aliphatic hydroxyl groups is 1. The summed E-state index contributed by atoms with van der Waals surface area (Å²) in [5.74, 6) is 0.532. The van der Waals surface area contributed by atoms with Gasteiger partial charge in [-0.05, 0) is 38.3 Å². The van der Waals surface area contributed by atoms with E-state index >= 15 is 0 Å². The molecule has 1 saturated carbocycles. The zero-order valence-corrected chi connectivity index (χ0v) is 19.2. The highest BCUT2D eigenvalue weighted by atomic mass is 35.5. The molecular weight excluding hydrogens is 453 g/mol. The number of benzene rings is 1. The van der Waals surface area contributed by atoms with Gasteiger partial charge in [0, 0.05) is 24.7 Å². The molecule has 3 heterocycles. The number of aromatic amines is 1. The largest absolute Gasteiger partial charge is 0.390 e. The predicted molar refractivity (Wildman–Crippen MR) is 125 cm³/mol. The highest BCUT2D eigenvalue weighted by Gasteiger charge is 2.32. The molecule has 0 spiro atoms. The van der Waals surface area contributed by atoms with Crippen molar-refractivity contribution in [3.05, 3.63) is 27.9 Å². The Labute approximate surface area is 192 Å². The molecule has 3 atom stereocenters. The second kappa shape index (κ2) is 8.18. The molecule has 0 bridgehead atoms. The topological polar surface area (TPSA) is 117 Å². The van der Waals surface area contributed by atoms with E-state index in [2.05, 4.69) is 20.2 Å². The number of aryl methyl sites for hydroxylation is 1. The number of halogens is 2. The first-order valence-corrected chi connectivity index (χ1v) is 11.6. The Morgan fingerprint density at radius 2 is 2.12 bits per heavy atom. The van der Waals surface area contributed by atoms with E-state index in [0.717, 1.165) is 20.8 Å². The van der Waals surface area contributed by atoms with Crippen molar-refractivity contribution in [1.29, 1.82) is 0 Å². The van der Waals surface area contributed by atoms with Crippen molar-refractivity contribution in [2.24, 2.45) is 5.73 Å². The predicted octanol–water partition coefficient (Wildman–Crippen LogP) is 3.74. The maximum Gasteiger partial charge on any atom is 0.177 e. The van der Waals surface area contributed by atoms with Crippen LogP contribution in [-0.4, -0.2) is 55.6 Å². The summed E-state index contributed by atoms with van der Waals surface area (Å²) in [5.41, 5.74) is 9.51. The molecule has 1 aliphatic rings. The summed E-state index contributed by atoms with van der Waals surface area (Å²) in [5, 5.41) is 18.9. The van der Waals surface area contributed by atoms with Crippen LogP contribution >= 0.6 is 22.9 Å². The Balaban J connectivity index is 1.57. The molecule has 4 aromatic rings. The highest BCUT2D eigenvalue weighted by Crippen LogP contribution is 2.39. The first kappa shape index (κ1) is 21.4. The van der Waals surface area contributed by atoms with Crippen LogP contribution in [0.5, 0.6) is 0 Å². The third-order valence-corrected chi connectivity index (χ3v) is 7.63. The van der Waals surface area contributed by atoms with E-state index < -0.39 is 12.2 Å². The van der Waals surface area contributed by atoms with Crippen molar-refractivity contribution in [3.8, 4) is 11.3 Å². The minimum absolute atomic E-state index is 0.0165. The average molecular weight is 476 g/mol. The lowest BCUT2D eigenvalue weighted by Crippen LogP contribution is -2.46. The van der Waals surface area contributed by atoms with E-state index in [1.54, 1.807) is 0 Å². The van der Waals surface area contributed by atoms with E-state index in [9.17, 15) is 9.50 Å². The molecule has 1 aromatic carbocycles. The summed E-state index contributed by atoms with van der Waals surface area (Å²) in [6, 6.07) is 3.30. The molecule has 1 fully saturated rings. The van der Waals surface area contributed by atoms with Crippen molar-refractivity contribution in [2.45, 2.75) is 51.0 Å². The monoisotopic (exact) mass is 475 g/mol. The minimum Gasteiger partial charge on any atom is -0.390 e. The lowest BCUT2D eigenvalue weighted by molar-refractivity contribution is 0.201. The van der Waals surface area contributed by atoms with Crippen LogP contribution in [0.15, 0.2) is 12.1 Å². The maximum atomic E-state index is 13.8. The van der Waals surface area contributed by atoms with Gasteiger partial charge in [-0.2, -0.15) is 5.10 Å². The van der Waals surface area contributed by atoms with Crippen LogP contribution in [0.25, 0.3) is 32.6 Å². The van der Waals surface area contributed by atoms with Gasteiger partial charge in [0.15, 0.2) is 11.5 Å². The number of fused-ring (bicyclic) bond motifs is 2. The second-order valence-corrected chi connectivity index (χ2v) is 9.77. The number of nitrogens with zero attached hydrogens (tertiary/aromatic N) is 5. The summed E-state index contributed by atoms with van der Waals surface area (Å²) in [7, 11) is 1.87. The van der Waals surface area contributed by atoms with E-state index in [0.29, 0.717) is 52.7 Å². The molecule has 3 aromatic heterocycles. The molecule has 5 rings (SSSR count). The number of thiazole rings is 1. The van der Waals surface area contributed by atoms with Gasteiger partial charge in [0.1, 0.15) is 23.1 Å². The molecule has 8 nitrogen and oxygen atoms in total. The Morgan fingerprint density at radius 3 is 2.88 bits per heavy atom. The maximum absolute atomic E-state index is 13.8. The number of hydrogen-bond acceptors (Lipinski definition) is 8. The highest BCUT2D eigenvalue weighted by molar-refractivity contribution is 7.19. The molecule has 32 heavy (non-hydrogen) atoms. The van der Waals surface area contributed by atoms with Crippen LogP contribution in [0.1, 0.15) is 30.0 Å². The van der Waals surface area contributed by atoms with Gasteiger partial charge in [-0.1, -0.05) is 11.6 Å². The number of nitrogens with one attached hydrogen (secondary N) is 1. The van der Waals surface area contributed by atoms with Crippen molar-refractivity contribution in [1.82, 2.24) is 25.1 Å². The van der Waals surface area contributed by atoms with Crippen LogP contribution in [0.3, 0.4) is 0 Å². The molecular formula is C21H23ClFN7OS. The van der Waals surface area contributed by atoms with Crippen LogP contribution in [0.2, 0.25) is 5.02 Å². The lowest BCUT2D eigenvalue weighted by Gasteiger charge is -2.36. The summed E-state index contributed by atoms with van der Waals surface area (Å²) in [4.78, 5) is 15.8. The van der Waals surface area contributed by atoms with Gasteiger partial charge in [-0.3, -0.25) is 5.10 Å². The molecule has 0 unspecified atom stereocenters. The van der Waals surface area contributed by atoms with Gasteiger partial charge in [0.05, 0.1) is 26.9 Å². The second-order valence-electron chi connectivity index (χ2n) is 8.19. The molecule has 0 radical (unpaired) electrons. The van der Waals surface area contributed by atoms with Gasteiger partial charge >= 0.3 is 0 Å². The third-order valence-electron chi connectivity index (χ3n) is 6.12. The van der Waals surface area contributed by atoms with Gasteiger partial charge in [-0.25, -0.2) is 19.3 Å². The number of aromatic nitrogens is 5. The van der Waals surface area contributed by atoms with Crippen LogP contribution in [0.4, 0.5) is 10.2 Å². The van der Waals surface area contributed by atoms with Crippen molar-refractivity contribution >= 4 is 50.1 Å². The molecule has 0 saturated heterocycles. The zero-order valence-electron chi connectivity index (χ0n) is 17.6. The van der Waals surface area contributed by atoms with Gasteiger partial charge in [-0.15, -0.1) is 11.3 Å². The molecule has 11 heteroatoms. The first-order chi connectivity index (χ1) is 15.4. The molecule has 0 amide bonds. The van der Waals surface area contributed by atoms with Gasteiger partial charge in [0.25, 0.3) is 0 Å². The first-order valence-electron chi connectivity index (χ1n) is 10.4. The van der Waals surface area contributed by atoms with Gasteiger partial charge in [0.2, 0.25) is 0 Å². The normalized spacial score (nSPS) is 21.5. The standard InChI is InChI=1S/C21H23ClFN7OS/c1-9-25-14-6-4-11(16(22)19(14)32-9)17-18-20(29-28-17)27-21(15(8-31)26-18)30(2)10-3-5-12(23)13(24)7-10/h4,6,10,12-13,31H,3,5,7-8,24H2,1-2H3,(H,27,28,29)/t10-,12-,13+/m1/s1. The number of nitrogens with two attached hydrogens (primary N) is 1. The van der Waals surface area contributed by atoms with Crippen molar-refractivity contribution in [2.75, 3.05) is 11.9 Å². The summed E-state index contributed by atoms with van der Waals surface area (Å²) < 4.78 is 14.7. The fourth-order valence-electron chi connectivity index (χ4n) is 4.37. The number of H-pyrrole nitrogens is 1. The smallest absolute Gasteiger partial charge is 0.177 e. The van der Waals surface area contributed by atoms with Crippen molar-refractivity contribution in [3.63, 3.8) is 0 Å². The van der Waals surface area contributed by atoms with Crippen LogP contribution in [0, 0.1) is 6.92 Å². The van der Waals surface area contributed by atoms with E-state index in [4.69, 9.17) is 22.3 Å². The number of rotatable bonds is 4. The SMILES string of the molecule is Cc1nc2ccc(-c3n[nH]c4nc(N(C)[C@@H]5CC[C@@H](F)[C@@H](N)C5)c(CO)nc34)c(Cl)c2s1. The number of aliphatic hydroxyl groups excluding tert-OH is 1. The Hall–Kier alpha value is -2.40. The zero-order chi connectivity index (χ0) is 22.6. The molecule has 168 valence electrons.